The Kier molecular flexibility index (Phi) is 4.54. The smallest absolute Gasteiger partial charge is 0.186 e. The molecule has 0 bridgehead atoms. The standard InChI is InChI=1S/C11H9ClO2S/c1-8(13)15-6-2-3-9-4-5-10(14)7-11(9)12/h4-5,7,14H,6H2,1H3. The summed E-state index contributed by atoms with van der Waals surface area (Å²) in [5.74, 6) is 6.21. The van der Waals surface area contributed by atoms with Gasteiger partial charge in [0.05, 0.1) is 10.8 Å². The van der Waals surface area contributed by atoms with E-state index in [1.165, 1.54) is 19.1 Å². The number of halogens is 1. The zero-order valence-electron chi connectivity index (χ0n) is 8.08. The monoisotopic (exact) mass is 240 g/mol. The van der Waals surface area contributed by atoms with E-state index in [9.17, 15) is 4.79 Å². The van der Waals surface area contributed by atoms with E-state index in [1.54, 1.807) is 6.07 Å². The van der Waals surface area contributed by atoms with Gasteiger partial charge in [-0.05, 0) is 18.2 Å². The third kappa shape index (κ3) is 4.28. The van der Waals surface area contributed by atoms with Crippen LogP contribution in [0, 0.1) is 11.8 Å². The van der Waals surface area contributed by atoms with Crippen LogP contribution in [0.5, 0.6) is 5.75 Å². The molecule has 0 atom stereocenters. The maximum atomic E-state index is 10.6. The molecule has 78 valence electrons. The molecule has 2 nitrogen and oxygen atoms in total. The van der Waals surface area contributed by atoms with E-state index in [0.717, 1.165) is 11.8 Å². The molecule has 0 spiro atoms. The van der Waals surface area contributed by atoms with E-state index in [0.29, 0.717) is 16.3 Å². The SMILES string of the molecule is CC(=O)SCC#Cc1ccc(O)cc1Cl. The minimum absolute atomic E-state index is 0.0427. The van der Waals surface area contributed by atoms with Crippen LogP contribution in [0.2, 0.25) is 5.02 Å². The lowest BCUT2D eigenvalue weighted by atomic mass is 10.2. The van der Waals surface area contributed by atoms with Crippen molar-refractivity contribution in [2.24, 2.45) is 0 Å². The van der Waals surface area contributed by atoms with Crippen LogP contribution in [0.15, 0.2) is 18.2 Å². The number of carbonyl (C=O) groups is 1. The minimum Gasteiger partial charge on any atom is -0.508 e. The van der Waals surface area contributed by atoms with E-state index in [2.05, 4.69) is 11.8 Å². The van der Waals surface area contributed by atoms with Crippen LogP contribution in [-0.4, -0.2) is 16.0 Å². The first-order valence-corrected chi connectivity index (χ1v) is 5.56. The topological polar surface area (TPSA) is 37.3 Å². The summed E-state index contributed by atoms with van der Waals surface area (Å²) in [6.07, 6.45) is 0. The summed E-state index contributed by atoms with van der Waals surface area (Å²) in [6, 6.07) is 4.60. The van der Waals surface area contributed by atoms with Gasteiger partial charge >= 0.3 is 0 Å². The molecule has 1 rings (SSSR count). The molecule has 0 fully saturated rings. The molecule has 1 aromatic rings. The number of phenolic OH excluding ortho intramolecular Hbond substituents is 1. The van der Waals surface area contributed by atoms with Gasteiger partial charge in [-0.15, -0.1) is 0 Å². The first-order chi connectivity index (χ1) is 7.09. The summed E-state index contributed by atoms with van der Waals surface area (Å²) in [5, 5.41) is 9.56. The Bertz CT molecular complexity index is 432. The second kappa shape index (κ2) is 5.69. The molecule has 0 aliphatic rings. The Morgan fingerprint density at radius 3 is 2.93 bits per heavy atom. The van der Waals surface area contributed by atoms with Gasteiger partial charge < -0.3 is 5.11 Å². The number of phenols is 1. The van der Waals surface area contributed by atoms with Gasteiger partial charge in [0, 0.05) is 12.5 Å². The van der Waals surface area contributed by atoms with Crippen LogP contribution >= 0.6 is 23.4 Å². The zero-order chi connectivity index (χ0) is 11.3. The Labute approximate surface area is 97.6 Å². The third-order valence-electron chi connectivity index (χ3n) is 1.52. The van der Waals surface area contributed by atoms with Crippen molar-refractivity contribution >= 4 is 28.5 Å². The van der Waals surface area contributed by atoms with E-state index in [-0.39, 0.29) is 10.9 Å². The van der Waals surface area contributed by atoms with Crippen LogP contribution in [0.4, 0.5) is 0 Å². The largest absolute Gasteiger partial charge is 0.508 e. The maximum Gasteiger partial charge on any atom is 0.186 e. The summed E-state index contributed by atoms with van der Waals surface area (Å²) < 4.78 is 0. The van der Waals surface area contributed by atoms with E-state index in [1.807, 2.05) is 0 Å². The number of benzene rings is 1. The van der Waals surface area contributed by atoms with Crippen molar-refractivity contribution in [3.05, 3.63) is 28.8 Å². The lowest BCUT2D eigenvalue weighted by Crippen LogP contribution is -1.82. The highest BCUT2D eigenvalue weighted by Crippen LogP contribution is 2.20. The number of hydrogen-bond donors (Lipinski definition) is 1. The molecule has 0 unspecified atom stereocenters. The van der Waals surface area contributed by atoms with Crippen molar-refractivity contribution in [2.75, 3.05) is 5.75 Å². The Hall–Kier alpha value is -1.11. The highest BCUT2D eigenvalue weighted by Gasteiger charge is 1.97. The second-order valence-electron chi connectivity index (χ2n) is 2.75. The van der Waals surface area contributed by atoms with Gasteiger partial charge in [-0.3, -0.25) is 4.79 Å². The predicted molar refractivity (Wildman–Crippen MR) is 63.1 cm³/mol. The van der Waals surface area contributed by atoms with Crippen molar-refractivity contribution < 1.29 is 9.90 Å². The molecule has 4 heteroatoms. The van der Waals surface area contributed by atoms with Crippen LogP contribution in [0.25, 0.3) is 0 Å². The van der Waals surface area contributed by atoms with Crippen molar-refractivity contribution in [1.29, 1.82) is 0 Å². The summed E-state index contributed by atoms with van der Waals surface area (Å²) in [4.78, 5) is 10.6. The summed E-state index contributed by atoms with van der Waals surface area (Å²) in [6.45, 7) is 1.50. The highest BCUT2D eigenvalue weighted by atomic mass is 35.5. The Morgan fingerprint density at radius 2 is 2.33 bits per heavy atom. The van der Waals surface area contributed by atoms with Crippen molar-refractivity contribution in [2.45, 2.75) is 6.92 Å². The number of aromatic hydroxyl groups is 1. The number of carbonyl (C=O) groups excluding carboxylic acids is 1. The molecule has 0 amide bonds. The Morgan fingerprint density at radius 1 is 1.60 bits per heavy atom. The maximum absolute atomic E-state index is 10.6. The summed E-state index contributed by atoms with van der Waals surface area (Å²) in [5.41, 5.74) is 0.651. The molecule has 0 aliphatic carbocycles. The van der Waals surface area contributed by atoms with Crippen LogP contribution in [0.1, 0.15) is 12.5 Å². The molecule has 15 heavy (non-hydrogen) atoms. The minimum atomic E-state index is 0.0427. The molecule has 0 saturated heterocycles. The number of thioether (sulfide) groups is 1. The van der Waals surface area contributed by atoms with Crippen molar-refractivity contribution in [3.63, 3.8) is 0 Å². The highest BCUT2D eigenvalue weighted by molar-refractivity contribution is 8.13. The van der Waals surface area contributed by atoms with Gasteiger partial charge in [-0.2, -0.15) is 0 Å². The quantitative estimate of drug-likeness (QED) is 0.767. The first-order valence-electron chi connectivity index (χ1n) is 4.20. The predicted octanol–water partition coefficient (Wildman–Crippen LogP) is 2.68. The second-order valence-corrected chi connectivity index (χ2v) is 4.31. The third-order valence-corrected chi connectivity index (χ3v) is 2.53. The number of hydrogen-bond acceptors (Lipinski definition) is 3. The Balaban J connectivity index is 2.67. The molecular formula is C11H9ClO2S. The molecule has 1 N–H and O–H groups in total. The van der Waals surface area contributed by atoms with Crippen LogP contribution in [0.3, 0.4) is 0 Å². The van der Waals surface area contributed by atoms with Gasteiger partial charge in [-0.25, -0.2) is 0 Å². The lowest BCUT2D eigenvalue weighted by molar-refractivity contribution is -0.109. The molecule has 0 aliphatic heterocycles. The van der Waals surface area contributed by atoms with Crippen LogP contribution < -0.4 is 0 Å². The van der Waals surface area contributed by atoms with E-state index < -0.39 is 0 Å². The molecule has 0 radical (unpaired) electrons. The van der Waals surface area contributed by atoms with Gasteiger partial charge in [0.1, 0.15) is 5.75 Å². The zero-order valence-corrected chi connectivity index (χ0v) is 9.65. The summed E-state index contributed by atoms with van der Waals surface area (Å²) >= 11 is 6.99. The molecule has 0 saturated carbocycles. The molecule has 1 aromatic carbocycles. The first kappa shape index (κ1) is 12.0. The van der Waals surface area contributed by atoms with Gasteiger partial charge in [-0.1, -0.05) is 35.2 Å². The van der Waals surface area contributed by atoms with Gasteiger partial charge in [0.2, 0.25) is 0 Å². The number of rotatable bonds is 1. The van der Waals surface area contributed by atoms with Gasteiger partial charge in [0.25, 0.3) is 0 Å². The molecular weight excluding hydrogens is 232 g/mol. The average Bonchev–Trinajstić information content (AvgIpc) is 2.14. The van der Waals surface area contributed by atoms with E-state index >= 15 is 0 Å². The summed E-state index contributed by atoms with van der Waals surface area (Å²) in [7, 11) is 0. The fourth-order valence-corrected chi connectivity index (χ4v) is 1.44. The normalized spacial score (nSPS) is 9.20. The fourth-order valence-electron chi connectivity index (χ4n) is 0.874. The average molecular weight is 241 g/mol. The van der Waals surface area contributed by atoms with Gasteiger partial charge in [0.15, 0.2) is 5.12 Å². The van der Waals surface area contributed by atoms with E-state index in [4.69, 9.17) is 16.7 Å². The van der Waals surface area contributed by atoms with Crippen molar-refractivity contribution in [3.8, 4) is 17.6 Å². The molecule has 0 aromatic heterocycles. The lowest BCUT2D eigenvalue weighted by Gasteiger charge is -1.95. The fraction of sp³-hybridized carbons (Fsp3) is 0.182. The van der Waals surface area contributed by atoms with Crippen LogP contribution in [-0.2, 0) is 4.79 Å². The molecule has 0 heterocycles. The van der Waals surface area contributed by atoms with Crippen molar-refractivity contribution in [1.82, 2.24) is 0 Å².